The average Bonchev–Trinajstić information content (AvgIpc) is 2.25. The maximum absolute atomic E-state index is 11.8. The molecule has 4 nitrogen and oxygen atoms in total. The lowest BCUT2D eigenvalue weighted by Crippen LogP contribution is -2.20. The Hall–Kier alpha value is -1.05. The van der Waals surface area contributed by atoms with Crippen molar-refractivity contribution in [3.63, 3.8) is 0 Å². The number of nitrogens with zero attached hydrogens (tertiary/aromatic N) is 1. The van der Waals surface area contributed by atoms with Gasteiger partial charge in [-0.2, -0.15) is 13.2 Å². The molecule has 0 aliphatic carbocycles. The first-order chi connectivity index (χ1) is 7.42. The van der Waals surface area contributed by atoms with Gasteiger partial charge in [0.05, 0.1) is 12.6 Å². The summed E-state index contributed by atoms with van der Waals surface area (Å²) in [5.74, 6) is -0.168. The molecule has 0 aromatic carbocycles. The summed E-state index contributed by atoms with van der Waals surface area (Å²) in [6, 6.07) is 2.12. The van der Waals surface area contributed by atoms with Gasteiger partial charge >= 0.3 is 6.18 Å². The first-order valence-electron chi connectivity index (χ1n) is 4.44. The first kappa shape index (κ1) is 16.0. The fourth-order valence-electron chi connectivity index (χ4n) is 0.996. The van der Waals surface area contributed by atoms with Crippen molar-refractivity contribution in [2.24, 2.45) is 5.73 Å². The summed E-state index contributed by atoms with van der Waals surface area (Å²) in [6.07, 6.45) is -3.13. The second-order valence-corrected chi connectivity index (χ2v) is 3.12. The Bertz CT molecular complexity index is 349. The average molecular weight is 273 g/mol. The quantitative estimate of drug-likeness (QED) is 0.870. The molecule has 3 N–H and O–H groups in total. The van der Waals surface area contributed by atoms with E-state index in [9.17, 15) is 13.2 Å². The second-order valence-electron chi connectivity index (χ2n) is 3.12. The third kappa shape index (κ3) is 5.71. The maximum Gasteiger partial charge on any atom is 0.422 e. The standard InChI is InChI=1S/C9H11F3N2O2.ClH/c10-9(11,12)5-16-8-3-6(1-2-14-8)7(13)4-15;/h1-3,7,15H,4-5,13H2;1H. The van der Waals surface area contributed by atoms with Crippen molar-refractivity contribution < 1.29 is 23.0 Å². The summed E-state index contributed by atoms with van der Waals surface area (Å²) in [7, 11) is 0. The number of alkyl halides is 3. The van der Waals surface area contributed by atoms with Crippen LogP contribution in [0.25, 0.3) is 0 Å². The van der Waals surface area contributed by atoms with Gasteiger partial charge in [0.15, 0.2) is 6.61 Å². The van der Waals surface area contributed by atoms with Crippen LogP contribution in [-0.4, -0.2) is 29.5 Å². The van der Waals surface area contributed by atoms with E-state index in [0.29, 0.717) is 5.56 Å². The molecular formula is C9H12ClF3N2O2. The molecule has 1 unspecified atom stereocenters. The van der Waals surface area contributed by atoms with Crippen LogP contribution in [0, 0.1) is 0 Å². The van der Waals surface area contributed by atoms with E-state index in [1.165, 1.54) is 18.3 Å². The van der Waals surface area contributed by atoms with Gasteiger partial charge in [0.1, 0.15) is 0 Å². The number of ether oxygens (including phenoxy) is 1. The molecule has 0 amide bonds. The van der Waals surface area contributed by atoms with E-state index in [-0.39, 0.29) is 24.9 Å². The molecule has 1 aromatic rings. The molecular weight excluding hydrogens is 261 g/mol. The lowest BCUT2D eigenvalue weighted by atomic mass is 10.1. The third-order valence-electron chi connectivity index (χ3n) is 1.77. The van der Waals surface area contributed by atoms with Crippen molar-refractivity contribution in [2.45, 2.75) is 12.2 Å². The number of hydrogen-bond donors (Lipinski definition) is 2. The van der Waals surface area contributed by atoms with E-state index in [1.807, 2.05) is 0 Å². The molecule has 1 heterocycles. The molecule has 0 saturated heterocycles. The van der Waals surface area contributed by atoms with Gasteiger partial charge in [-0.15, -0.1) is 12.4 Å². The Kier molecular flexibility index (Phi) is 6.22. The summed E-state index contributed by atoms with van der Waals surface area (Å²) >= 11 is 0. The fourth-order valence-corrected chi connectivity index (χ4v) is 0.996. The van der Waals surface area contributed by atoms with Gasteiger partial charge in [-0.1, -0.05) is 0 Å². The van der Waals surface area contributed by atoms with Crippen molar-refractivity contribution in [2.75, 3.05) is 13.2 Å². The Morgan fingerprint density at radius 2 is 2.12 bits per heavy atom. The molecule has 1 atom stereocenters. The minimum Gasteiger partial charge on any atom is -0.468 e. The Morgan fingerprint density at radius 1 is 1.47 bits per heavy atom. The summed E-state index contributed by atoms with van der Waals surface area (Å²) in [6.45, 7) is -1.71. The van der Waals surface area contributed by atoms with Crippen LogP contribution in [-0.2, 0) is 0 Å². The van der Waals surface area contributed by atoms with Crippen molar-refractivity contribution in [3.8, 4) is 5.88 Å². The van der Waals surface area contributed by atoms with Crippen molar-refractivity contribution in [1.82, 2.24) is 4.98 Å². The van der Waals surface area contributed by atoms with E-state index in [2.05, 4.69) is 9.72 Å². The molecule has 1 rings (SSSR count). The number of halogens is 4. The van der Waals surface area contributed by atoms with Crippen molar-refractivity contribution in [3.05, 3.63) is 23.9 Å². The highest BCUT2D eigenvalue weighted by molar-refractivity contribution is 5.85. The normalized spacial score (nSPS) is 12.8. The lowest BCUT2D eigenvalue weighted by Gasteiger charge is -2.11. The predicted octanol–water partition coefficient (Wildman–Crippen LogP) is 1.44. The number of nitrogens with two attached hydrogens (primary N) is 1. The molecule has 8 heteroatoms. The van der Waals surface area contributed by atoms with Crippen LogP contribution < -0.4 is 10.5 Å². The van der Waals surface area contributed by atoms with Gasteiger partial charge < -0.3 is 15.6 Å². The SMILES string of the molecule is Cl.NC(CO)c1ccnc(OCC(F)(F)F)c1. The number of aliphatic hydroxyl groups is 1. The van der Waals surface area contributed by atoms with Crippen LogP contribution in [0.15, 0.2) is 18.3 Å². The molecule has 0 spiro atoms. The number of aliphatic hydroxyl groups excluding tert-OH is 1. The van der Waals surface area contributed by atoms with Crippen molar-refractivity contribution in [1.29, 1.82) is 0 Å². The monoisotopic (exact) mass is 272 g/mol. The molecule has 0 aliphatic heterocycles. The number of pyridine rings is 1. The van der Waals surface area contributed by atoms with Gasteiger partial charge in [0.25, 0.3) is 0 Å². The molecule has 0 fully saturated rings. The van der Waals surface area contributed by atoms with Crippen LogP contribution in [0.4, 0.5) is 13.2 Å². The molecule has 0 bridgehead atoms. The minimum atomic E-state index is -4.41. The van der Waals surface area contributed by atoms with Gasteiger partial charge in [-0.25, -0.2) is 4.98 Å². The van der Waals surface area contributed by atoms with E-state index >= 15 is 0 Å². The van der Waals surface area contributed by atoms with E-state index in [4.69, 9.17) is 10.8 Å². The topological polar surface area (TPSA) is 68.4 Å². The Labute approximate surface area is 102 Å². The zero-order valence-electron chi connectivity index (χ0n) is 8.65. The summed E-state index contributed by atoms with van der Waals surface area (Å²) in [5.41, 5.74) is 5.96. The highest BCUT2D eigenvalue weighted by atomic mass is 35.5. The first-order valence-corrected chi connectivity index (χ1v) is 4.44. The molecule has 98 valence electrons. The van der Waals surface area contributed by atoms with Crippen LogP contribution in [0.1, 0.15) is 11.6 Å². The van der Waals surface area contributed by atoms with Gasteiger partial charge in [0, 0.05) is 12.3 Å². The molecule has 17 heavy (non-hydrogen) atoms. The molecule has 0 radical (unpaired) electrons. The molecule has 0 aliphatic rings. The molecule has 0 saturated carbocycles. The molecule has 1 aromatic heterocycles. The smallest absolute Gasteiger partial charge is 0.422 e. The van der Waals surface area contributed by atoms with E-state index < -0.39 is 18.8 Å². The largest absolute Gasteiger partial charge is 0.468 e. The van der Waals surface area contributed by atoms with E-state index in [1.54, 1.807) is 0 Å². The number of hydrogen-bond acceptors (Lipinski definition) is 4. The number of rotatable bonds is 4. The minimum absolute atomic E-state index is 0. The van der Waals surface area contributed by atoms with Crippen LogP contribution in [0.2, 0.25) is 0 Å². The van der Waals surface area contributed by atoms with Gasteiger partial charge in [0.2, 0.25) is 5.88 Å². The fraction of sp³-hybridized carbons (Fsp3) is 0.444. The Balaban J connectivity index is 0.00000256. The van der Waals surface area contributed by atoms with E-state index in [0.717, 1.165) is 0 Å². The Morgan fingerprint density at radius 3 is 2.65 bits per heavy atom. The maximum atomic E-state index is 11.8. The zero-order chi connectivity index (χ0) is 12.2. The summed E-state index contributed by atoms with van der Waals surface area (Å²) < 4.78 is 40.0. The number of aromatic nitrogens is 1. The lowest BCUT2D eigenvalue weighted by molar-refractivity contribution is -0.154. The third-order valence-corrected chi connectivity index (χ3v) is 1.77. The van der Waals surface area contributed by atoms with Crippen molar-refractivity contribution >= 4 is 12.4 Å². The van der Waals surface area contributed by atoms with Gasteiger partial charge in [-0.05, 0) is 11.6 Å². The van der Waals surface area contributed by atoms with Crippen LogP contribution in [0.3, 0.4) is 0 Å². The predicted molar refractivity (Wildman–Crippen MR) is 57.0 cm³/mol. The second kappa shape index (κ2) is 6.63. The summed E-state index contributed by atoms with van der Waals surface area (Å²) in [5, 5.41) is 8.77. The van der Waals surface area contributed by atoms with Gasteiger partial charge in [-0.3, -0.25) is 0 Å². The summed E-state index contributed by atoms with van der Waals surface area (Å²) in [4.78, 5) is 3.60. The van der Waals surface area contributed by atoms with Crippen LogP contribution >= 0.6 is 12.4 Å². The highest BCUT2D eigenvalue weighted by Crippen LogP contribution is 2.19. The van der Waals surface area contributed by atoms with Crippen LogP contribution in [0.5, 0.6) is 5.88 Å². The highest BCUT2D eigenvalue weighted by Gasteiger charge is 2.28. The zero-order valence-corrected chi connectivity index (χ0v) is 9.46.